The van der Waals surface area contributed by atoms with Crippen LogP contribution in [-0.4, -0.2) is 47.6 Å². The molecule has 0 bridgehead atoms. The van der Waals surface area contributed by atoms with Crippen LogP contribution in [0.2, 0.25) is 0 Å². The number of hydrogen-bond donors (Lipinski definition) is 1. The van der Waals surface area contributed by atoms with Crippen molar-refractivity contribution in [3.8, 4) is 11.5 Å². The summed E-state index contributed by atoms with van der Waals surface area (Å²) < 4.78 is 18.2. The molecule has 0 atom stereocenters. The standard InChI is InChI=1S/C16H20N4O4S2/c1-3-23-15(21)17-14-18-20(16(25)26-14)10-19-6-7-24-13-5-4-12(22-2)8-11(13)9-19/h4-5,8H,3,6-7,9-10H2,1-2H3,(H,17,18,21). The first kappa shape index (κ1) is 18.6. The summed E-state index contributed by atoms with van der Waals surface area (Å²) >= 11 is 6.59. The predicted molar refractivity (Wildman–Crippen MR) is 100 cm³/mol. The maximum Gasteiger partial charge on any atom is 0.413 e. The number of methoxy groups -OCH3 is 1. The van der Waals surface area contributed by atoms with Crippen molar-refractivity contribution < 1.29 is 19.0 Å². The molecule has 1 aliphatic heterocycles. The molecule has 0 saturated heterocycles. The van der Waals surface area contributed by atoms with Gasteiger partial charge in [0.2, 0.25) is 5.13 Å². The molecular formula is C16H20N4O4S2. The monoisotopic (exact) mass is 396 g/mol. The quantitative estimate of drug-likeness (QED) is 0.778. The summed E-state index contributed by atoms with van der Waals surface area (Å²) in [5.74, 6) is 1.65. The van der Waals surface area contributed by atoms with E-state index in [1.165, 1.54) is 11.3 Å². The molecule has 1 aromatic heterocycles. The lowest BCUT2D eigenvalue weighted by atomic mass is 10.2. The Bertz CT molecular complexity index is 836. The average Bonchev–Trinajstić information content (AvgIpc) is 2.83. The van der Waals surface area contributed by atoms with E-state index in [1.807, 2.05) is 18.2 Å². The van der Waals surface area contributed by atoms with Crippen LogP contribution in [-0.2, 0) is 18.0 Å². The second kappa shape index (κ2) is 8.47. The number of nitrogens with zero attached hydrogens (tertiary/aromatic N) is 3. The third-order valence-corrected chi connectivity index (χ3v) is 4.97. The summed E-state index contributed by atoms with van der Waals surface area (Å²) in [4.78, 5) is 13.7. The minimum absolute atomic E-state index is 0.300. The first-order chi connectivity index (χ1) is 12.6. The number of ether oxygens (including phenoxy) is 3. The van der Waals surface area contributed by atoms with Gasteiger partial charge in [0.15, 0.2) is 3.95 Å². The Morgan fingerprint density at radius 2 is 2.35 bits per heavy atom. The van der Waals surface area contributed by atoms with Crippen LogP contribution in [0.3, 0.4) is 0 Å². The van der Waals surface area contributed by atoms with Gasteiger partial charge in [-0.15, -0.1) is 5.10 Å². The number of fused-ring (bicyclic) bond motifs is 1. The van der Waals surface area contributed by atoms with Gasteiger partial charge < -0.3 is 14.2 Å². The molecule has 0 radical (unpaired) electrons. The smallest absolute Gasteiger partial charge is 0.413 e. The van der Waals surface area contributed by atoms with E-state index in [9.17, 15) is 4.79 Å². The maximum atomic E-state index is 11.5. The Balaban J connectivity index is 1.71. The third kappa shape index (κ3) is 4.51. The highest BCUT2D eigenvalue weighted by Gasteiger charge is 2.18. The molecule has 2 aromatic rings. The van der Waals surface area contributed by atoms with Crippen molar-refractivity contribution in [1.82, 2.24) is 14.7 Å². The van der Waals surface area contributed by atoms with Crippen LogP contribution in [0.5, 0.6) is 11.5 Å². The molecule has 1 N–H and O–H groups in total. The molecule has 140 valence electrons. The Kier molecular flexibility index (Phi) is 6.07. The average molecular weight is 396 g/mol. The molecule has 2 heterocycles. The van der Waals surface area contributed by atoms with Crippen LogP contribution in [0, 0.1) is 3.95 Å². The van der Waals surface area contributed by atoms with Crippen LogP contribution in [0.1, 0.15) is 12.5 Å². The Labute approximate surface area is 160 Å². The van der Waals surface area contributed by atoms with Gasteiger partial charge in [0, 0.05) is 18.7 Å². The van der Waals surface area contributed by atoms with Crippen LogP contribution in [0.4, 0.5) is 9.93 Å². The highest BCUT2D eigenvalue weighted by molar-refractivity contribution is 7.73. The lowest BCUT2D eigenvalue weighted by Crippen LogP contribution is -2.29. The zero-order valence-corrected chi connectivity index (χ0v) is 16.2. The summed E-state index contributed by atoms with van der Waals surface area (Å²) in [6.07, 6.45) is -0.535. The predicted octanol–water partition coefficient (Wildman–Crippen LogP) is 3.10. The molecule has 1 aliphatic rings. The summed E-state index contributed by atoms with van der Waals surface area (Å²) in [6, 6.07) is 5.79. The van der Waals surface area contributed by atoms with Gasteiger partial charge in [0.25, 0.3) is 0 Å². The zero-order chi connectivity index (χ0) is 18.5. The molecule has 0 unspecified atom stereocenters. The van der Waals surface area contributed by atoms with Gasteiger partial charge in [-0.05, 0) is 37.3 Å². The molecule has 8 nitrogen and oxygen atoms in total. The molecule has 0 saturated carbocycles. The number of anilines is 1. The van der Waals surface area contributed by atoms with Crippen molar-refractivity contribution in [2.24, 2.45) is 0 Å². The highest BCUT2D eigenvalue weighted by Crippen LogP contribution is 2.27. The van der Waals surface area contributed by atoms with Crippen LogP contribution >= 0.6 is 23.6 Å². The van der Waals surface area contributed by atoms with Gasteiger partial charge in [-0.1, -0.05) is 11.3 Å². The number of amides is 1. The fourth-order valence-electron chi connectivity index (χ4n) is 2.56. The van der Waals surface area contributed by atoms with Crippen LogP contribution < -0.4 is 14.8 Å². The summed E-state index contributed by atoms with van der Waals surface area (Å²) in [5.41, 5.74) is 1.05. The van der Waals surface area contributed by atoms with E-state index in [4.69, 9.17) is 26.4 Å². The van der Waals surface area contributed by atoms with E-state index in [2.05, 4.69) is 15.3 Å². The molecule has 0 aliphatic carbocycles. The van der Waals surface area contributed by atoms with E-state index in [0.717, 1.165) is 23.6 Å². The van der Waals surface area contributed by atoms with Crippen LogP contribution in [0.15, 0.2) is 18.2 Å². The van der Waals surface area contributed by atoms with Gasteiger partial charge in [0.1, 0.15) is 18.1 Å². The van der Waals surface area contributed by atoms with Crippen molar-refractivity contribution in [1.29, 1.82) is 0 Å². The summed E-state index contributed by atoms with van der Waals surface area (Å²) in [5, 5.41) is 7.36. The number of carbonyl (C=O) groups is 1. The second-order valence-corrected chi connectivity index (χ2v) is 7.16. The molecule has 10 heteroatoms. The number of rotatable bonds is 5. The molecule has 0 fully saturated rings. The van der Waals surface area contributed by atoms with Gasteiger partial charge in [0.05, 0.1) is 20.4 Å². The summed E-state index contributed by atoms with van der Waals surface area (Å²) in [7, 11) is 1.64. The Hall–Kier alpha value is -2.17. The lowest BCUT2D eigenvalue weighted by Gasteiger charge is -2.19. The number of benzene rings is 1. The molecule has 3 rings (SSSR count). The Morgan fingerprint density at radius 3 is 3.12 bits per heavy atom. The van der Waals surface area contributed by atoms with E-state index in [-0.39, 0.29) is 0 Å². The Morgan fingerprint density at radius 1 is 1.50 bits per heavy atom. The van der Waals surface area contributed by atoms with E-state index in [1.54, 1.807) is 18.7 Å². The number of nitrogens with one attached hydrogen (secondary N) is 1. The van der Waals surface area contributed by atoms with Gasteiger partial charge in [-0.3, -0.25) is 10.2 Å². The van der Waals surface area contributed by atoms with E-state index >= 15 is 0 Å². The highest BCUT2D eigenvalue weighted by atomic mass is 32.1. The molecule has 26 heavy (non-hydrogen) atoms. The fraction of sp³-hybridized carbons (Fsp3) is 0.438. The summed E-state index contributed by atoms with van der Waals surface area (Å²) in [6.45, 7) is 4.54. The van der Waals surface area contributed by atoms with E-state index in [0.29, 0.717) is 35.5 Å². The van der Waals surface area contributed by atoms with Gasteiger partial charge in [-0.2, -0.15) is 0 Å². The molecule has 1 amide bonds. The van der Waals surface area contributed by atoms with Crippen molar-refractivity contribution in [3.05, 3.63) is 27.7 Å². The number of carbonyl (C=O) groups excluding carboxylic acids is 1. The largest absolute Gasteiger partial charge is 0.497 e. The minimum Gasteiger partial charge on any atom is -0.497 e. The van der Waals surface area contributed by atoms with Crippen molar-refractivity contribution in [3.63, 3.8) is 0 Å². The van der Waals surface area contributed by atoms with Crippen molar-refractivity contribution in [2.45, 2.75) is 20.1 Å². The zero-order valence-electron chi connectivity index (χ0n) is 14.6. The van der Waals surface area contributed by atoms with Crippen molar-refractivity contribution >= 4 is 34.8 Å². The first-order valence-corrected chi connectivity index (χ1v) is 9.35. The molecule has 1 aromatic carbocycles. The molecular weight excluding hydrogens is 376 g/mol. The van der Waals surface area contributed by atoms with Gasteiger partial charge >= 0.3 is 6.09 Å². The lowest BCUT2D eigenvalue weighted by molar-refractivity contribution is 0.167. The second-order valence-electron chi connectivity index (χ2n) is 5.53. The number of aromatic nitrogens is 2. The number of hydrogen-bond acceptors (Lipinski definition) is 8. The SMILES string of the molecule is CCOC(=O)Nc1nn(CN2CCOc3ccc(OC)cc3C2)c(=S)s1. The van der Waals surface area contributed by atoms with Crippen molar-refractivity contribution in [2.75, 3.05) is 32.2 Å². The fourth-order valence-corrected chi connectivity index (χ4v) is 3.54. The maximum absolute atomic E-state index is 11.5. The molecule has 0 spiro atoms. The minimum atomic E-state index is -0.535. The van der Waals surface area contributed by atoms with E-state index < -0.39 is 6.09 Å². The first-order valence-electron chi connectivity index (χ1n) is 8.13. The van der Waals surface area contributed by atoms with Gasteiger partial charge in [-0.25, -0.2) is 9.48 Å². The topological polar surface area (TPSA) is 77.9 Å². The van der Waals surface area contributed by atoms with Crippen LogP contribution in [0.25, 0.3) is 0 Å². The third-order valence-electron chi connectivity index (χ3n) is 3.75. The normalized spacial score (nSPS) is 14.1.